The van der Waals surface area contributed by atoms with Crippen LogP contribution in [-0.4, -0.2) is 42.9 Å². The van der Waals surface area contributed by atoms with Crippen molar-refractivity contribution in [3.05, 3.63) is 42.1 Å². The predicted octanol–water partition coefficient (Wildman–Crippen LogP) is 2.33. The molecule has 1 aromatic carbocycles. The molecule has 0 unspecified atom stereocenters. The summed E-state index contributed by atoms with van der Waals surface area (Å²) < 4.78 is 11.0. The van der Waals surface area contributed by atoms with Crippen molar-refractivity contribution in [1.29, 1.82) is 0 Å². The van der Waals surface area contributed by atoms with Crippen LogP contribution in [0.25, 0.3) is 10.9 Å². The summed E-state index contributed by atoms with van der Waals surface area (Å²) in [5, 5.41) is 4.21. The summed E-state index contributed by atoms with van der Waals surface area (Å²) in [5.41, 5.74) is 2.24. The zero-order valence-corrected chi connectivity index (χ0v) is 14.2. The van der Waals surface area contributed by atoms with Crippen molar-refractivity contribution in [3.63, 3.8) is 0 Å². The molecular weight excluding hydrogens is 304 g/mol. The predicted molar refractivity (Wildman–Crippen MR) is 92.8 cm³/mol. The van der Waals surface area contributed by atoms with E-state index >= 15 is 0 Å². The molecule has 1 aromatic heterocycles. The number of ether oxygens (including phenoxy) is 2. The van der Waals surface area contributed by atoms with Gasteiger partial charge in [-0.05, 0) is 38.0 Å². The van der Waals surface area contributed by atoms with Gasteiger partial charge < -0.3 is 14.8 Å². The second kappa shape index (κ2) is 7.73. The summed E-state index contributed by atoms with van der Waals surface area (Å²) in [7, 11) is 0. The Labute approximate surface area is 142 Å². The second-order valence-corrected chi connectivity index (χ2v) is 6.52. The Balaban J connectivity index is 1.66. The average molecular weight is 328 g/mol. The molecule has 1 fully saturated rings. The minimum absolute atomic E-state index is 0.0280. The maximum Gasteiger partial charge on any atom is 0.246 e. The van der Waals surface area contributed by atoms with Gasteiger partial charge in [0.2, 0.25) is 5.91 Å². The molecule has 3 rings (SSSR count). The summed E-state index contributed by atoms with van der Waals surface area (Å²) >= 11 is 0. The van der Waals surface area contributed by atoms with Crippen molar-refractivity contribution < 1.29 is 14.3 Å². The van der Waals surface area contributed by atoms with Crippen LogP contribution >= 0.6 is 0 Å². The molecule has 2 aromatic rings. The number of amides is 1. The monoisotopic (exact) mass is 328 g/mol. The Bertz CT molecular complexity index is 697. The van der Waals surface area contributed by atoms with Crippen LogP contribution < -0.4 is 5.32 Å². The molecule has 1 N–H and O–H groups in total. The number of rotatable bonds is 6. The van der Waals surface area contributed by atoms with E-state index in [1.165, 1.54) is 10.9 Å². The van der Waals surface area contributed by atoms with Crippen LogP contribution in [0.15, 0.2) is 36.5 Å². The van der Waals surface area contributed by atoms with E-state index in [4.69, 9.17) is 9.47 Å². The van der Waals surface area contributed by atoms with Crippen LogP contribution in [0, 0.1) is 5.92 Å². The number of carbonyl (C=O) groups is 1. The number of hydrogen-bond acceptors (Lipinski definition) is 4. The molecular formula is C19H24N2O3. The Hall–Kier alpha value is -1.98. The first-order chi connectivity index (χ1) is 11.6. The summed E-state index contributed by atoms with van der Waals surface area (Å²) in [6.07, 6.45) is 2.76. The topological polar surface area (TPSA) is 60.5 Å². The molecule has 2 atom stereocenters. The summed E-state index contributed by atoms with van der Waals surface area (Å²) in [5.74, 6) is 0.183. The molecule has 1 saturated heterocycles. The van der Waals surface area contributed by atoms with E-state index < -0.39 is 0 Å². The zero-order chi connectivity index (χ0) is 16.9. The van der Waals surface area contributed by atoms with Crippen molar-refractivity contribution in [2.24, 2.45) is 5.92 Å². The fourth-order valence-corrected chi connectivity index (χ4v) is 3.07. The highest BCUT2D eigenvalue weighted by Crippen LogP contribution is 2.24. The lowest BCUT2D eigenvalue weighted by atomic mass is 9.93. The number of nitrogens with one attached hydrogen (secondary N) is 1. The van der Waals surface area contributed by atoms with E-state index in [1.807, 2.05) is 38.2 Å². The molecule has 0 bridgehead atoms. The van der Waals surface area contributed by atoms with Gasteiger partial charge in [-0.3, -0.25) is 9.78 Å². The van der Waals surface area contributed by atoms with E-state index in [-0.39, 0.29) is 30.6 Å². The number of para-hydroxylation sites is 1. The van der Waals surface area contributed by atoms with Gasteiger partial charge in [-0.2, -0.15) is 0 Å². The van der Waals surface area contributed by atoms with E-state index in [1.54, 1.807) is 0 Å². The first-order valence-electron chi connectivity index (χ1n) is 8.45. The first-order valence-corrected chi connectivity index (χ1v) is 8.45. The maximum atomic E-state index is 12.0. The fourth-order valence-electron chi connectivity index (χ4n) is 3.07. The SMILES string of the molecule is CC(C)OCC(=O)N[C@H]1COC[C@H]1Cc1ccnc2ccccc12. The number of hydrogen-bond donors (Lipinski definition) is 1. The highest BCUT2D eigenvalue weighted by molar-refractivity contribution is 5.82. The van der Waals surface area contributed by atoms with Crippen LogP contribution in [0.2, 0.25) is 0 Å². The Morgan fingerprint density at radius 2 is 2.17 bits per heavy atom. The lowest BCUT2D eigenvalue weighted by molar-refractivity contribution is -0.128. The summed E-state index contributed by atoms with van der Waals surface area (Å²) in [6.45, 7) is 5.15. The van der Waals surface area contributed by atoms with Crippen molar-refractivity contribution in [2.75, 3.05) is 19.8 Å². The van der Waals surface area contributed by atoms with Crippen LogP contribution in [0.1, 0.15) is 19.4 Å². The van der Waals surface area contributed by atoms with E-state index in [9.17, 15) is 4.79 Å². The van der Waals surface area contributed by atoms with Gasteiger partial charge in [0.05, 0.1) is 30.9 Å². The minimum atomic E-state index is -0.0798. The van der Waals surface area contributed by atoms with E-state index in [2.05, 4.69) is 22.4 Å². The third kappa shape index (κ3) is 4.10. The normalized spacial score (nSPS) is 20.6. The molecule has 1 aliphatic heterocycles. The number of aromatic nitrogens is 1. The largest absolute Gasteiger partial charge is 0.379 e. The highest BCUT2D eigenvalue weighted by Gasteiger charge is 2.30. The van der Waals surface area contributed by atoms with Crippen LogP contribution in [0.4, 0.5) is 0 Å². The summed E-state index contributed by atoms with van der Waals surface area (Å²) in [6, 6.07) is 10.2. The van der Waals surface area contributed by atoms with Gasteiger partial charge in [-0.1, -0.05) is 18.2 Å². The lowest BCUT2D eigenvalue weighted by Gasteiger charge is -2.20. The van der Waals surface area contributed by atoms with Gasteiger partial charge in [0.1, 0.15) is 6.61 Å². The standard InChI is InChI=1S/C19H24N2O3/c1-13(2)24-12-19(22)21-18-11-23-10-15(18)9-14-7-8-20-17-6-4-3-5-16(14)17/h3-8,13,15,18H,9-12H2,1-2H3,(H,21,22)/t15-,18+/m1/s1. The van der Waals surface area contributed by atoms with Crippen LogP contribution in [0.3, 0.4) is 0 Å². The highest BCUT2D eigenvalue weighted by atomic mass is 16.5. The smallest absolute Gasteiger partial charge is 0.246 e. The van der Waals surface area contributed by atoms with Crippen molar-refractivity contribution >= 4 is 16.8 Å². The zero-order valence-electron chi connectivity index (χ0n) is 14.2. The molecule has 0 spiro atoms. The van der Waals surface area contributed by atoms with Gasteiger partial charge >= 0.3 is 0 Å². The van der Waals surface area contributed by atoms with Crippen molar-refractivity contribution in [2.45, 2.75) is 32.4 Å². The van der Waals surface area contributed by atoms with Gasteiger partial charge in [0.15, 0.2) is 0 Å². The molecule has 0 radical (unpaired) electrons. The number of benzene rings is 1. The second-order valence-electron chi connectivity index (χ2n) is 6.52. The van der Waals surface area contributed by atoms with Gasteiger partial charge in [-0.25, -0.2) is 0 Å². The first kappa shape index (κ1) is 16.9. The molecule has 2 heterocycles. The quantitative estimate of drug-likeness (QED) is 0.884. The van der Waals surface area contributed by atoms with Gasteiger partial charge in [0.25, 0.3) is 0 Å². The molecule has 0 saturated carbocycles. The van der Waals surface area contributed by atoms with Crippen LogP contribution in [-0.2, 0) is 20.7 Å². The molecule has 24 heavy (non-hydrogen) atoms. The Morgan fingerprint density at radius 1 is 1.33 bits per heavy atom. The molecule has 128 valence electrons. The Kier molecular flexibility index (Phi) is 5.43. The van der Waals surface area contributed by atoms with Crippen LogP contribution in [0.5, 0.6) is 0 Å². The summed E-state index contributed by atoms with van der Waals surface area (Å²) in [4.78, 5) is 16.4. The molecule has 5 heteroatoms. The van der Waals surface area contributed by atoms with E-state index in [0.717, 1.165) is 11.9 Å². The number of fused-ring (bicyclic) bond motifs is 1. The lowest BCUT2D eigenvalue weighted by Crippen LogP contribution is -2.42. The minimum Gasteiger partial charge on any atom is -0.379 e. The molecule has 0 aliphatic carbocycles. The van der Waals surface area contributed by atoms with Crippen molar-refractivity contribution in [1.82, 2.24) is 10.3 Å². The number of pyridine rings is 1. The van der Waals surface area contributed by atoms with Gasteiger partial charge in [0, 0.05) is 17.5 Å². The fraction of sp³-hybridized carbons (Fsp3) is 0.474. The van der Waals surface area contributed by atoms with E-state index in [0.29, 0.717) is 13.2 Å². The number of nitrogens with zero attached hydrogens (tertiary/aromatic N) is 1. The molecule has 5 nitrogen and oxygen atoms in total. The molecule has 1 aliphatic rings. The third-order valence-corrected chi connectivity index (χ3v) is 4.31. The Morgan fingerprint density at radius 3 is 3.00 bits per heavy atom. The maximum absolute atomic E-state index is 12.0. The van der Waals surface area contributed by atoms with Gasteiger partial charge in [-0.15, -0.1) is 0 Å². The van der Waals surface area contributed by atoms with Crippen molar-refractivity contribution in [3.8, 4) is 0 Å². The number of carbonyl (C=O) groups excluding carboxylic acids is 1. The molecule has 1 amide bonds. The average Bonchev–Trinajstić information content (AvgIpc) is 3.00. The third-order valence-electron chi connectivity index (χ3n) is 4.31.